The van der Waals surface area contributed by atoms with Crippen molar-refractivity contribution < 1.29 is 24.2 Å². The first-order valence-electron chi connectivity index (χ1n) is 5.92. The molecule has 0 fully saturated rings. The number of likely N-dealkylation sites (N-methyl/N-ethyl adjacent to an activating group) is 1. The minimum Gasteiger partial charge on any atom is -0.480 e. The van der Waals surface area contributed by atoms with E-state index < -0.39 is 24.1 Å². The largest absolute Gasteiger partial charge is 0.480 e. The fraction of sp³-hybridized carbons (Fsp3) is 0.727. The molecule has 8 nitrogen and oxygen atoms in total. The van der Waals surface area contributed by atoms with Crippen molar-refractivity contribution in [3.05, 3.63) is 0 Å². The number of methoxy groups -OCH3 is 1. The SMILES string of the molecule is CNC(=O)C(C)NC(=O)NC(CCCOC)C(=O)O. The van der Waals surface area contributed by atoms with Gasteiger partial charge >= 0.3 is 12.0 Å². The van der Waals surface area contributed by atoms with E-state index in [2.05, 4.69) is 16.0 Å². The van der Waals surface area contributed by atoms with Crippen LogP contribution >= 0.6 is 0 Å². The fourth-order valence-electron chi connectivity index (χ4n) is 1.37. The first-order valence-corrected chi connectivity index (χ1v) is 5.92. The molecular formula is C11H21N3O5. The van der Waals surface area contributed by atoms with Crippen LogP contribution in [0.25, 0.3) is 0 Å². The van der Waals surface area contributed by atoms with Crippen LogP contribution in [-0.2, 0) is 14.3 Å². The second-order valence-electron chi connectivity index (χ2n) is 3.98. The number of hydrogen-bond acceptors (Lipinski definition) is 4. The van der Waals surface area contributed by atoms with Crippen LogP contribution in [0.2, 0.25) is 0 Å². The highest BCUT2D eigenvalue weighted by Gasteiger charge is 2.21. The van der Waals surface area contributed by atoms with Gasteiger partial charge in [-0.2, -0.15) is 0 Å². The van der Waals surface area contributed by atoms with Gasteiger partial charge in [0.2, 0.25) is 5.91 Å². The molecule has 0 aromatic heterocycles. The second-order valence-corrected chi connectivity index (χ2v) is 3.98. The molecule has 110 valence electrons. The lowest BCUT2D eigenvalue weighted by Crippen LogP contribution is -2.51. The van der Waals surface area contributed by atoms with Gasteiger partial charge in [0.05, 0.1) is 0 Å². The van der Waals surface area contributed by atoms with Crippen molar-refractivity contribution in [2.45, 2.75) is 31.8 Å². The maximum Gasteiger partial charge on any atom is 0.326 e. The molecule has 8 heteroatoms. The highest BCUT2D eigenvalue weighted by atomic mass is 16.5. The second kappa shape index (κ2) is 9.15. The maximum atomic E-state index is 11.5. The van der Waals surface area contributed by atoms with E-state index in [1.165, 1.54) is 21.1 Å². The molecule has 0 aliphatic carbocycles. The Kier molecular flexibility index (Phi) is 8.27. The Balaban J connectivity index is 4.23. The van der Waals surface area contributed by atoms with Crippen molar-refractivity contribution in [3.63, 3.8) is 0 Å². The van der Waals surface area contributed by atoms with Gasteiger partial charge in [-0.05, 0) is 19.8 Å². The first-order chi connectivity index (χ1) is 8.92. The summed E-state index contributed by atoms with van der Waals surface area (Å²) in [4.78, 5) is 33.7. The lowest BCUT2D eigenvalue weighted by Gasteiger charge is -2.17. The number of nitrogens with one attached hydrogen (secondary N) is 3. The zero-order valence-corrected chi connectivity index (χ0v) is 11.4. The predicted octanol–water partition coefficient (Wildman–Crippen LogP) is -0.700. The summed E-state index contributed by atoms with van der Waals surface area (Å²) < 4.78 is 4.81. The molecule has 0 aliphatic heterocycles. The van der Waals surface area contributed by atoms with Gasteiger partial charge in [-0.15, -0.1) is 0 Å². The van der Waals surface area contributed by atoms with Crippen molar-refractivity contribution in [1.82, 2.24) is 16.0 Å². The molecule has 0 saturated carbocycles. The molecular weight excluding hydrogens is 254 g/mol. The van der Waals surface area contributed by atoms with Gasteiger partial charge < -0.3 is 25.8 Å². The molecule has 0 spiro atoms. The minimum absolute atomic E-state index is 0.255. The quantitative estimate of drug-likeness (QED) is 0.437. The summed E-state index contributed by atoms with van der Waals surface area (Å²) in [5.41, 5.74) is 0. The van der Waals surface area contributed by atoms with Gasteiger partial charge in [-0.25, -0.2) is 9.59 Å². The number of carbonyl (C=O) groups is 3. The molecule has 0 bridgehead atoms. The van der Waals surface area contributed by atoms with Gasteiger partial charge in [0, 0.05) is 20.8 Å². The van der Waals surface area contributed by atoms with E-state index in [1.54, 1.807) is 0 Å². The number of rotatable bonds is 8. The number of aliphatic carboxylic acids is 1. The Morgan fingerprint density at radius 3 is 2.37 bits per heavy atom. The van der Waals surface area contributed by atoms with Crippen molar-refractivity contribution in [3.8, 4) is 0 Å². The van der Waals surface area contributed by atoms with Crippen molar-refractivity contribution >= 4 is 17.9 Å². The first kappa shape index (κ1) is 17.2. The number of urea groups is 1. The zero-order valence-electron chi connectivity index (χ0n) is 11.4. The number of amides is 3. The van der Waals surface area contributed by atoms with Crippen LogP contribution in [0.4, 0.5) is 4.79 Å². The molecule has 0 saturated heterocycles. The van der Waals surface area contributed by atoms with Gasteiger partial charge in [-0.3, -0.25) is 4.79 Å². The van der Waals surface area contributed by atoms with Crippen LogP contribution in [-0.4, -0.2) is 55.9 Å². The summed E-state index contributed by atoms with van der Waals surface area (Å²) in [6.07, 6.45) is 0.768. The predicted molar refractivity (Wildman–Crippen MR) is 67.7 cm³/mol. The monoisotopic (exact) mass is 275 g/mol. The third-order valence-electron chi connectivity index (χ3n) is 2.43. The van der Waals surface area contributed by atoms with Crippen molar-refractivity contribution in [2.75, 3.05) is 20.8 Å². The van der Waals surface area contributed by atoms with Crippen molar-refractivity contribution in [1.29, 1.82) is 0 Å². The number of carboxylic acid groups (broad SMARTS) is 1. The number of carbonyl (C=O) groups excluding carboxylic acids is 2. The summed E-state index contributed by atoms with van der Waals surface area (Å²) in [6, 6.07) is -2.44. The summed E-state index contributed by atoms with van der Waals surface area (Å²) >= 11 is 0. The third-order valence-corrected chi connectivity index (χ3v) is 2.43. The molecule has 19 heavy (non-hydrogen) atoms. The lowest BCUT2D eigenvalue weighted by molar-refractivity contribution is -0.139. The Hall–Kier alpha value is -1.83. The average molecular weight is 275 g/mol. The molecule has 0 aromatic carbocycles. The van der Waals surface area contributed by atoms with E-state index in [1.807, 2.05) is 0 Å². The van der Waals surface area contributed by atoms with Gasteiger partial charge in [0.1, 0.15) is 12.1 Å². The highest BCUT2D eigenvalue weighted by molar-refractivity contribution is 5.88. The molecule has 0 radical (unpaired) electrons. The van der Waals surface area contributed by atoms with Crippen molar-refractivity contribution in [2.24, 2.45) is 0 Å². The van der Waals surface area contributed by atoms with Gasteiger partial charge in [-0.1, -0.05) is 0 Å². The summed E-state index contributed by atoms with van der Waals surface area (Å²) in [5.74, 6) is -1.49. The summed E-state index contributed by atoms with van der Waals surface area (Å²) in [6.45, 7) is 1.92. The zero-order chi connectivity index (χ0) is 14.8. The Morgan fingerprint density at radius 1 is 1.26 bits per heavy atom. The molecule has 0 rings (SSSR count). The van der Waals surface area contributed by atoms with E-state index in [4.69, 9.17) is 9.84 Å². The van der Waals surface area contributed by atoms with E-state index in [9.17, 15) is 14.4 Å². The number of carboxylic acids is 1. The molecule has 0 aliphatic rings. The number of ether oxygens (including phenoxy) is 1. The molecule has 2 atom stereocenters. The number of hydrogen-bond donors (Lipinski definition) is 4. The van der Waals surface area contributed by atoms with Gasteiger partial charge in [0.15, 0.2) is 0 Å². The lowest BCUT2D eigenvalue weighted by atomic mass is 10.1. The van der Waals surface area contributed by atoms with Crippen LogP contribution in [0.3, 0.4) is 0 Å². The van der Waals surface area contributed by atoms with E-state index in [0.29, 0.717) is 13.0 Å². The van der Waals surface area contributed by atoms with Crippen LogP contribution in [0.15, 0.2) is 0 Å². The minimum atomic E-state index is -1.13. The summed E-state index contributed by atoms with van der Waals surface area (Å²) in [7, 11) is 2.96. The van der Waals surface area contributed by atoms with Crippen LogP contribution in [0, 0.1) is 0 Å². The molecule has 0 aromatic rings. The van der Waals surface area contributed by atoms with E-state index >= 15 is 0 Å². The smallest absolute Gasteiger partial charge is 0.326 e. The average Bonchev–Trinajstić information content (AvgIpc) is 2.36. The van der Waals surface area contributed by atoms with Crippen LogP contribution < -0.4 is 16.0 Å². The Labute approximate surface area is 111 Å². The maximum absolute atomic E-state index is 11.5. The van der Waals surface area contributed by atoms with Crippen LogP contribution in [0.1, 0.15) is 19.8 Å². The fourth-order valence-corrected chi connectivity index (χ4v) is 1.37. The molecule has 2 unspecified atom stereocenters. The Bertz CT molecular complexity index is 321. The topological polar surface area (TPSA) is 117 Å². The van der Waals surface area contributed by atoms with Crippen LogP contribution in [0.5, 0.6) is 0 Å². The third kappa shape index (κ3) is 7.24. The molecule has 4 N–H and O–H groups in total. The normalized spacial score (nSPS) is 13.2. The molecule has 0 heterocycles. The van der Waals surface area contributed by atoms with E-state index in [0.717, 1.165) is 0 Å². The standard InChI is InChI=1S/C11H21N3O5/c1-7(9(15)12-2)13-11(18)14-8(10(16)17)5-4-6-19-3/h7-8H,4-6H2,1-3H3,(H,12,15)(H,16,17)(H2,13,14,18). The highest BCUT2D eigenvalue weighted by Crippen LogP contribution is 1.98. The van der Waals surface area contributed by atoms with E-state index in [-0.39, 0.29) is 12.3 Å². The Morgan fingerprint density at radius 2 is 1.89 bits per heavy atom. The van der Waals surface area contributed by atoms with Gasteiger partial charge in [0.25, 0.3) is 0 Å². The molecule has 3 amide bonds. The summed E-state index contributed by atoms with van der Waals surface area (Å²) in [5, 5.41) is 16.0.